The van der Waals surface area contributed by atoms with Gasteiger partial charge in [0, 0.05) is 17.7 Å². The molecule has 18 heavy (non-hydrogen) atoms. The first-order chi connectivity index (χ1) is 8.67. The van der Waals surface area contributed by atoms with Crippen molar-refractivity contribution in [3.8, 4) is 5.75 Å². The Kier molecular flexibility index (Phi) is 6.49. The monoisotopic (exact) mass is 273 g/mol. The SMILES string of the molecule is COCCONC(=O)Cc1cc(Cl)ccc1OC. The number of halogens is 1. The number of carbonyl (C=O) groups excluding carboxylic acids is 1. The van der Waals surface area contributed by atoms with E-state index in [2.05, 4.69) is 5.48 Å². The average Bonchev–Trinajstić information content (AvgIpc) is 2.35. The Morgan fingerprint density at radius 2 is 2.11 bits per heavy atom. The van der Waals surface area contributed by atoms with Crippen LogP contribution in [0.15, 0.2) is 18.2 Å². The molecule has 1 aromatic rings. The van der Waals surface area contributed by atoms with Crippen LogP contribution in [0.4, 0.5) is 0 Å². The summed E-state index contributed by atoms with van der Waals surface area (Å²) in [4.78, 5) is 16.5. The Morgan fingerprint density at radius 1 is 1.33 bits per heavy atom. The summed E-state index contributed by atoms with van der Waals surface area (Å²) in [5.41, 5.74) is 3.03. The van der Waals surface area contributed by atoms with Gasteiger partial charge in [0.2, 0.25) is 5.91 Å². The lowest BCUT2D eigenvalue weighted by molar-refractivity contribution is -0.133. The molecule has 0 saturated heterocycles. The molecule has 1 rings (SSSR count). The summed E-state index contributed by atoms with van der Waals surface area (Å²) in [6.07, 6.45) is 0.136. The van der Waals surface area contributed by atoms with E-state index in [-0.39, 0.29) is 12.3 Å². The number of rotatable bonds is 7. The molecule has 0 aromatic heterocycles. The van der Waals surface area contributed by atoms with Gasteiger partial charge in [0.15, 0.2) is 0 Å². The molecule has 0 fully saturated rings. The van der Waals surface area contributed by atoms with Crippen molar-refractivity contribution in [2.75, 3.05) is 27.4 Å². The second-order valence-electron chi connectivity index (χ2n) is 3.50. The number of hydrogen-bond acceptors (Lipinski definition) is 4. The number of ether oxygens (including phenoxy) is 2. The zero-order valence-electron chi connectivity index (χ0n) is 10.4. The van der Waals surface area contributed by atoms with Crippen LogP contribution in [0.2, 0.25) is 5.02 Å². The summed E-state index contributed by atoms with van der Waals surface area (Å²) < 4.78 is 9.93. The van der Waals surface area contributed by atoms with Gasteiger partial charge in [0.25, 0.3) is 0 Å². The van der Waals surface area contributed by atoms with Gasteiger partial charge in [-0.25, -0.2) is 5.48 Å². The second-order valence-corrected chi connectivity index (χ2v) is 3.94. The Bertz CT molecular complexity index is 398. The van der Waals surface area contributed by atoms with Gasteiger partial charge in [0.05, 0.1) is 26.7 Å². The van der Waals surface area contributed by atoms with Crippen LogP contribution in [0.25, 0.3) is 0 Å². The van der Waals surface area contributed by atoms with Gasteiger partial charge >= 0.3 is 0 Å². The van der Waals surface area contributed by atoms with Crippen molar-refractivity contribution in [1.82, 2.24) is 5.48 Å². The molecule has 5 nitrogen and oxygen atoms in total. The van der Waals surface area contributed by atoms with Gasteiger partial charge < -0.3 is 9.47 Å². The highest BCUT2D eigenvalue weighted by Crippen LogP contribution is 2.22. The molecule has 6 heteroatoms. The maximum Gasteiger partial charge on any atom is 0.248 e. The van der Waals surface area contributed by atoms with Crippen LogP contribution >= 0.6 is 11.6 Å². The predicted molar refractivity (Wildman–Crippen MR) is 67.7 cm³/mol. The molecule has 1 N–H and O–H groups in total. The molecule has 0 saturated carbocycles. The van der Waals surface area contributed by atoms with Crippen molar-refractivity contribution in [3.63, 3.8) is 0 Å². The maximum absolute atomic E-state index is 11.6. The Hall–Kier alpha value is -1.30. The minimum atomic E-state index is -0.272. The van der Waals surface area contributed by atoms with Crippen molar-refractivity contribution < 1.29 is 19.1 Å². The van der Waals surface area contributed by atoms with Crippen LogP contribution in [0.1, 0.15) is 5.56 Å². The summed E-state index contributed by atoms with van der Waals surface area (Å²) in [5, 5.41) is 0.555. The molecule has 0 unspecified atom stereocenters. The Balaban J connectivity index is 2.50. The van der Waals surface area contributed by atoms with Crippen molar-refractivity contribution in [1.29, 1.82) is 0 Å². The topological polar surface area (TPSA) is 56.8 Å². The number of hydrogen-bond donors (Lipinski definition) is 1. The van der Waals surface area contributed by atoms with E-state index < -0.39 is 0 Å². The molecule has 0 spiro atoms. The predicted octanol–water partition coefficient (Wildman–Crippen LogP) is 1.59. The van der Waals surface area contributed by atoms with Gasteiger partial charge in [-0.2, -0.15) is 0 Å². The zero-order chi connectivity index (χ0) is 13.4. The van der Waals surface area contributed by atoms with E-state index in [9.17, 15) is 4.79 Å². The Labute approximate surface area is 111 Å². The number of benzene rings is 1. The van der Waals surface area contributed by atoms with E-state index in [1.807, 2.05) is 0 Å². The molecule has 0 atom stereocenters. The van der Waals surface area contributed by atoms with Crippen LogP contribution in [-0.2, 0) is 20.8 Å². The molecule has 0 bridgehead atoms. The van der Waals surface area contributed by atoms with E-state index in [4.69, 9.17) is 25.9 Å². The fourth-order valence-corrected chi connectivity index (χ4v) is 1.55. The quantitative estimate of drug-likeness (QED) is 0.605. The molecule has 1 aromatic carbocycles. The van der Waals surface area contributed by atoms with E-state index in [0.717, 1.165) is 0 Å². The molecular formula is C12H16ClNO4. The third kappa shape index (κ3) is 4.91. The maximum atomic E-state index is 11.6. The standard InChI is InChI=1S/C12H16ClNO4/c1-16-5-6-18-14-12(15)8-9-7-10(13)3-4-11(9)17-2/h3-4,7H,5-6,8H2,1-2H3,(H,14,15). The minimum absolute atomic E-state index is 0.136. The summed E-state index contributed by atoms with van der Waals surface area (Å²) in [6.45, 7) is 0.718. The van der Waals surface area contributed by atoms with Crippen LogP contribution < -0.4 is 10.2 Å². The normalized spacial score (nSPS) is 10.2. The number of amides is 1. The zero-order valence-corrected chi connectivity index (χ0v) is 11.1. The first-order valence-corrected chi connectivity index (χ1v) is 5.77. The summed E-state index contributed by atoms with van der Waals surface area (Å²) >= 11 is 5.87. The summed E-state index contributed by atoms with van der Waals surface area (Å²) in [6, 6.07) is 5.11. The highest BCUT2D eigenvalue weighted by Gasteiger charge is 2.09. The Morgan fingerprint density at radius 3 is 2.78 bits per heavy atom. The summed E-state index contributed by atoms with van der Waals surface area (Å²) in [5.74, 6) is 0.345. The third-order valence-electron chi connectivity index (χ3n) is 2.17. The first kappa shape index (κ1) is 14.8. The van der Waals surface area contributed by atoms with Gasteiger partial charge in [-0.3, -0.25) is 9.63 Å². The average molecular weight is 274 g/mol. The van der Waals surface area contributed by atoms with Crippen molar-refractivity contribution >= 4 is 17.5 Å². The van der Waals surface area contributed by atoms with E-state index in [1.54, 1.807) is 32.4 Å². The van der Waals surface area contributed by atoms with Crippen LogP contribution in [-0.4, -0.2) is 33.3 Å². The van der Waals surface area contributed by atoms with Crippen LogP contribution in [0.3, 0.4) is 0 Å². The molecule has 0 heterocycles. The smallest absolute Gasteiger partial charge is 0.248 e. The van der Waals surface area contributed by atoms with Gasteiger partial charge in [0.1, 0.15) is 5.75 Å². The van der Waals surface area contributed by atoms with Crippen molar-refractivity contribution in [2.45, 2.75) is 6.42 Å². The number of nitrogens with one attached hydrogen (secondary N) is 1. The third-order valence-corrected chi connectivity index (χ3v) is 2.40. The van der Waals surface area contributed by atoms with Gasteiger partial charge in [-0.05, 0) is 18.2 Å². The van der Waals surface area contributed by atoms with Crippen LogP contribution in [0, 0.1) is 0 Å². The van der Waals surface area contributed by atoms with Crippen molar-refractivity contribution in [3.05, 3.63) is 28.8 Å². The molecule has 0 aliphatic carbocycles. The first-order valence-electron chi connectivity index (χ1n) is 5.39. The number of methoxy groups -OCH3 is 2. The fraction of sp³-hybridized carbons (Fsp3) is 0.417. The molecule has 0 aliphatic heterocycles. The van der Waals surface area contributed by atoms with Gasteiger partial charge in [-0.1, -0.05) is 11.6 Å². The molecule has 0 aliphatic rings. The molecular weight excluding hydrogens is 258 g/mol. The molecule has 1 amide bonds. The highest BCUT2D eigenvalue weighted by atomic mass is 35.5. The highest BCUT2D eigenvalue weighted by molar-refractivity contribution is 6.30. The lowest BCUT2D eigenvalue weighted by atomic mass is 10.1. The van der Waals surface area contributed by atoms with Gasteiger partial charge in [-0.15, -0.1) is 0 Å². The van der Waals surface area contributed by atoms with Crippen molar-refractivity contribution in [2.24, 2.45) is 0 Å². The lowest BCUT2D eigenvalue weighted by Crippen LogP contribution is -2.27. The molecule has 100 valence electrons. The van der Waals surface area contributed by atoms with Crippen LogP contribution in [0.5, 0.6) is 5.75 Å². The van der Waals surface area contributed by atoms with E-state index in [1.165, 1.54) is 0 Å². The largest absolute Gasteiger partial charge is 0.496 e. The second kappa shape index (κ2) is 7.92. The number of hydroxylamine groups is 1. The lowest BCUT2D eigenvalue weighted by Gasteiger charge is -2.09. The van der Waals surface area contributed by atoms with E-state index in [0.29, 0.717) is 29.5 Å². The minimum Gasteiger partial charge on any atom is -0.496 e. The summed E-state index contributed by atoms with van der Waals surface area (Å²) in [7, 11) is 3.10. The van der Waals surface area contributed by atoms with E-state index >= 15 is 0 Å². The molecule has 0 radical (unpaired) electrons. The fourth-order valence-electron chi connectivity index (χ4n) is 1.35. The number of carbonyl (C=O) groups is 1.